The molecular weight excluding hydrogens is 320 g/mol. The molecule has 1 aliphatic rings. The first-order valence-electron chi connectivity index (χ1n) is 6.93. The first-order chi connectivity index (χ1) is 9.40. The number of carbonyl (C=O) groups is 1. The van der Waals surface area contributed by atoms with E-state index in [2.05, 4.69) is 27.8 Å². The Morgan fingerprint density at radius 1 is 1.50 bits per heavy atom. The Balaban J connectivity index is 2.27. The highest BCUT2D eigenvalue weighted by molar-refractivity contribution is 9.10. The predicted octanol–water partition coefficient (Wildman–Crippen LogP) is 2.59. The quantitative estimate of drug-likeness (QED) is 0.888. The van der Waals surface area contributed by atoms with Crippen LogP contribution in [0, 0.1) is 5.92 Å². The highest BCUT2D eigenvalue weighted by Gasteiger charge is 2.29. The van der Waals surface area contributed by atoms with Gasteiger partial charge in [-0.2, -0.15) is 0 Å². The average molecular weight is 341 g/mol. The van der Waals surface area contributed by atoms with Crippen LogP contribution in [0.25, 0.3) is 0 Å². The first kappa shape index (κ1) is 15.3. The third-order valence-corrected chi connectivity index (χ3v) is 4.68. The Morgan fingerprint density at radius 3 is 2.75 bits per heavy atom. The number of aliphatic hydroxyl groups excluding tert-OH is 1. The van der Waals surface area contributed by atoms with E-state index in [-0.39, 0.29) is 11.8 Å². The van der Waals surface area contributed by atoms with Crippen LogP contribution in [-0.2, 0) is 4.79 Å². The molecule has 1 amide bonds. The molecule has 1 saturated heterocycles. The number of aliphatic hydroxyl groups is 1. The van der Waals surface area contributed by atoms with Crippen LogP contribution in [0.15, 0.2) is 22.7 Å². The molecule has 0 aliphatic carbocycles. The lowest BCUT2D eigenvalue weighted by atomic mass is 9.92. The van der Waals surface area contributed by atoms with Gasteiger partial charge in [0.1, 0.15) is 0 Å². The van der Waals surface area contributed by atoms with Crippen LogP contribution < -0.4 is 10.6 Å². The third kappa shape index (κ3) is 3.15. The lowest BCUT2D eigenvalue weighted by molar-refractivity contribution is -0.122. The standard InChI is InChI=1S/C15H21BrN2O2/c1-9-3-4-12(15(17)20)8-18(9)14-6-5-11(10(2)19)7-13(14)16/h5-7,9-10,12,19H,3-4,8H2,1-2H3,(H2,17,20)/t9?,10-,12?/m1/s1. The maximum absolute atomic E-state index is 11.4. The fourth-order valence-corrected chi connectivity index (χ4v) is 3.32. The lowest BCUT2D eigenvalue weighted by Crippen LogP contribution is -2.46. The summed E-state index contributed by atoms with van der Waals surface area (Å²) in [5.41, 5.74) is 7.37. The molecule has 3 atom stereocenters. The second-order valence-electron chi connectivity index (χ2n) is 5.56. The van der Waals surface area contributed by atoms with Gasteiger partial charge in [0.05, 0.1) is 17.7 Å². The number of anilines is 1. The third-order valence-electron chi connectivity index (χ3n) is 4.05. The molecule has 1 aromatic carbocycles. The molecule has 0 aromatic heterocycles. The predicted molar refractivity (Wildman–Crippen MR) is 83.5 cm³/mol. The van der Waals surface area contributed by atoms with E-state index in [1.807, 2.05) is 18.2 Å². The highest BCUT2D eigenvalue weighted by Crippen LogP contribution is 2.34. The summed E-state index contributed by atoms with van der Waals surface area (Å²) >= 11 is 3.57. The van der Waals surface area contributed by atoms with Crippen molar-refractivity contribution in [1.82, 2.24) is 0 Å². The molecule has 20 heavy (non-hydrogen) atoms. The van der Waals surface area contributed by atoms with Gasteiger partial charge in [-0.15, -0.1) is 0 Å². The van der Waals surface area contributed by atoms with Crippen LogP contribution in [0.3, 0.4) is 0 Å². The van der Waals surface area contributed by atoms with E-state index in [0.717, 1.165) is 28.6 Å². The monoisotopic (exact) mass is 340 g/mol. The lowest BCUT2D eigenvalue weighted by Gasteiger charge is -2.39. The molecule has 0 bridgehead atoms. The van der Waals surface area contributed by atoms with Gasteiger partial charge >= 0.3 is 0 Å². The van der Waals surface area contributed by atoms with Gasteiger partial charge in [0.25, 0.3) is 0 Å². The first-order valence-corrected chi connectivity index (χ1v) is 7.73. The van der Waals surface area contributed by atoms with Crippen molar-refractivity contribution in [2.45, 2.75) is 38.8 Å². The van der Waals surface area contributed by atoms with E-state index in [1.165, 1.54) is 0 Å². The minimum absolute atomic E-state index is 0.0884. The minimum atomic E-state index is -0.488. The number of benzene rings is 1. The number of hydrogen-bond donors (Lipinski definition) is 2. The summed E-state index contributed by atoms with van der Waals surface area (Å²) < 4.78 is 0.938. The minimum Gasteiger partial charge on any atom is -0.389 e. The molecule has 3 N–H and O–H groups in total. The van der Waals surface area contributed by atoms with Crippen LogP contribution in [-0.4, -0.2) is 23.6 Å². The topological polar surface area (TPSA) is 66.6 Å². The van der Waals surface area contributed by atoms with Crippen LogP contribution >= 0.6 is 15.9 Å². The fraction of sp³-hybridized carbons (Fsp3) is 0.533. The second kappa shape index (κ2) is 6.14. The van der Waals surface area contributed by atoms with Crippen molar-refractivity contribution < 1.29 is 9.90 Å². The van der Waals surface area contributed by atoms with Gasteiger partial charge < -0.3 is 15.7 Å². The molecule has 1 aliphatic heterocycles. The zero-order valence-corrected chi connectivity index (χ0v) is 13.4. The number of piperidine rings is 1. The Hall–Kier alpha value is -1.07. The van der Waals surface area contributed by atoms with Gasteiger partial charge in [-0.05, 0) is 60.3 Å². The molecule has 2 unspecified atom stereocenters. The van der Waals surface area contributed by atoms with Crippen molar-refractivity contribution in [3.8, 4) is 0 Å². The number of amides is 1. The van der Waals surface area contributed by atoms with E-state index >= 15 is 0 Å². The largest absolute Gasteiger partial charge is 0.389 e. The van der Waals surface area contributed by atoms with Gasteiger partial charge in [0.15, 0.2) is 0 Å². The molecule has 0 saturated carbocycles. The summed E-state index contributed by atoms with van der Waals surface area (Å²) in [7, 11) is 0. The van der Waals surface area contributed by atoms with E-state index < -0.39 is 6.10 Å². The summed E-state index contributed by atoms with van der Waals surface area (Å²) in [6.07, 6.45) is 1.33. The van der Waals surface area contributed by atoms with Crippen LogP contribution in [0.2, 0.25) is 0 Å². The Bertz CT molecular complexity index is 505. The Morgan fingerprint density at radius 2 is 2.20 bits per heavy atom. The van der Waals surface area contributed by atoms with Crippen molar-refractivity contribution in [2.75, 3.05) is 11.4 Å². The number of halogens is 1. The highest BCUT2D eigenvalue weighted by atomic mass is 79.9. The van der Waals surface area contributed by atoms with Crippen molar-refractivity contribution >= 4 is 27.5 Å². The van der Waals surface area contributed by atoms with Gasteiger partial charge in [-0.1, -0.05) is 6.07 Å². The van der Waals surface area contributed by atoms with Crippen molar-refractivity contribution in [3.63, 3.8) is 0 Å². The van der Waals surface area contributed by atoms with Crippen LogP contribution in [0.4, 0.5) is 5.69 Å². The Kier molecular flexibility index (Phi) is 4.70. The zero-order valence-electron chi connectivity index (χ0n) is 11.8. The molecule has 0 spiro atoms. The van der Waals surface area contributed by atoms with Crippen LogP contribution in [0.1, 0.15) is 38.4 Å². The summed E-state index contributed by atoms with van der Waals surface area (Å²) in [4.78, 5) is 13.6. The normalized spacial score (nSPS) is 24.5. The van der Waals surface area contributed by atoms with E-state index in [4.69, 9.17) is 5.73 Å². The maximum atomic E-state index is 11.4. The van der Waals surface area contributed by atoms with Gasteiger partial charge in [0, 0.05) is 17.1 Å². The summed E-state index contributed by atoms with van der Waals surface area (Å²) in [6.45, 7) is 4.56. The number of carbonyl (C=O) groups excluding carboxylic acids is 1. The van der Waals surface area contributed by atoms with Crippen molar-refractivity contribution in [2.24, 2.45) is 11.7 Å². The van der Waals surface area contributed by atoms with Crippen molar-refractivity contribution in [1.29, 1.82) is 0 Å². The summed E-state index contributed by atoms with van der Waals surface area (Å²) in [6, 6.07) is 6.22. The zero-order chi connectivity index (χ0) is 14.9. The summed E-state index contributed by atoms with van der Waals surface area (Å²) in [5.74, 6) is -0.312. The van der Waals surface area contributed by atoms with Gasteiger partial charge in [-0.25, -0.2) is 0 Å². The number of rotatable bonds is 3. The molecule has 5 heteroatoms. The smallest absolute Gasteiger partial charge is 0.222 e. The molecule has 1 fully saturated rings. The second-order valence-corrected chi connectivity index (χ2v) is 6.42. The molecule has 1 aromatic rings. The maximum Gasteiger partial charge on any atom is 0.222 e. The average Bonchev–Trinajstić information content (AvgIpc) is 2.39. The molecule has 2 rings (SSSR count). The number of primary amides is 1. The SMILES string of the molecule is CC1CCC(C(N)=O)CN1c1ccc([C@@H](C)O)cc1Br. The fourth-order valence-electron chi connectivity index (χ4n) is 2.69. The van der Waals surface area contributed by atoms with Gasteiger partial charge in [0.2, 0.25) is 5.91 Å². The van der Waals surface area contributed by atoms with E-state index in [1.54, 1.807) is 6.92 Å². The molecule has 110 valence electrons. The summed E-state index contributed by atoms with van der Waals surface area (Å²) in [5, 5.41) is 9.62. The molecule has 4 nitrogen and oxygen atoms in total. The number of nitrogens with zero attached hydrogens (tertiary/aromatic N) is 1. The number of hydrogen-bond acceptors (Lipinski definition) is 3. The van der Waals surface area contributed by atoms with Gasteiger partial charge in [-0.3, -0.25) is 4.79 Å². The van der Waals surface area contributed by atoms with E-state index in [9.17, 15) is 9.90 Å². The van der Waals surface area contributed by atoms with Crippen LogP contribution in [0.5, 0.6) is 0 Å². The van der Waals surface area contributed by atoms with Crippen molar-refractivity contribution in [3.05, 3.63) is 28.2 Å². The molecule has 1 heterocycles. The Labute approximate surface area is 128 Å². The molecular formula is C15H21BrN2O2. The molecule has 0 radical (unpaired) electrons. The van der Waals surface area contributed by atoms with E-state index in [0.29, 0.717) is 12.6 Å². The number of nitrogens with two attached hydrogens (primary N) is 1.